The number of imidazole rings is 1. The molecule has 1 aliphatic rings. The second kappa shape index (κ2) is 3.21. The van der Waals surface area contributed by atoms with Gasteiger partial charge in [0.1, 0.15) is 10.4 Å². The monoisotopic (exact) mass is 228 g/mol. The molecule has 3 heteroatoms. The maximum atomic E-state index is 4.34. The lowest BCUT2D eigenvalue weighted by molar-refractivity contribution is 0.506. The summed E-state index contributed by atoms with van der Waals surface area (Å²) >= 11 is 3.40. The minimum Gasteiger partial charge on any atom is -0.331 e. The SMILES string of the molecule is Cc1nc(Br)cn1C1CCCC1. The minimum absolute atomic E-state index is 0.712. The molecule has 0 aliphatic heterocycles. The lowest BCUT2D eigenvalue weighted by Gasteiger charge is -2.11. The third-order valence-electron chi connectivity index (χ3n) is 2.61. The first-order chi connectivity index (χ1) is 5.77. The molecule has 1 heterocycles. The van der Waals surface area contributed by atoms with Gasteiger partial charge in [0.15, 0.2) is 0 Å². The number of aryl methyl sites for hydroxylation is 1. The molecule has 2 rings (SSSR count). The van der Waals surface area contributed by atoms with Crippen LogP contribution in [0, 0.1) is 6.92 Å². The summed E-state index contributed by atoms with van der Waals surface area (Å²) in [5.41, 5.74) is 0. The fourth-order valence-corrected chi connectivity index (χ4v) is 2.48. The van der Waals surface area contributed by atoms with E-state index in [-0.39, 0.29) is 0 Å². The Morgan fingerprint density at radius 2 is 2.17 bits per heavy atom. The van der Waals surface area contributed by atoms with Gasteiger partial charge in [-0.15, -0.1) is 0 Å². The summed E-state index contributed by atoms with van der Waals surface area (Å²) in [6, 6.07) is 0.712. The zero-order chi connectivity index (χ0) is 8.55. The summed E-state index contributed by atoms with van der Waals surface area (Å²) in [6.45, 7) is 2.07. The first-order valence-electron chi connectivity index (χ1n) is 4.48. The van der Waals surface area contributed by atoms with Gasteiger partial charge in [0.05, 0.1) is 0 Å². The van der Waals surface area contributed by atoms with E-state index in [1.165, 1.54) is 25.7 Å². The first kappa shape index (κ1) is 8.30. The highest BCUT2D eigenvalue weighted by atomic mass is 79.9. The van der Waals surface area contributed by atoms with Crippen LogP contribution in [0.1, 0.15) is 37.5 Å². The van der Waals surface area contributed by atoms with Crippen molar-refractivity contribution >= 4 is 15.9 Å². The van der Waals surface area contributed by atoms with Crippen LogP contribution in [0.3, 0.4) is 0 Å². The molecule has 0 unspecified atom stereocenters. The number of hydrogen-bond acceptors (Lipinski definition) is 1. The lowest BCUT2D eigenvalue weighted by Crippen LogP contribution is -2.04. The Morgan fingerprint density at radius 3 is 2.67 bits per heavy atom. The molecule has 1 aliphatic carbocycles. The van der Waals surface area contributed by atoms with E-state index in [1.807, 2.05) is 0 Å². The Balaban J connectivity index is 2.25. The van der Waals surface area contributed by atoms with Gasteiger partial charge >= 0.3 is 0 Å². The van der Waals surface area contributed by atoms with Crippen molar-refractivity contribution in [1.82, 2.24) is 9.55 Å². The molecule has 0 atom stereocenters. The highest BCUT2D eigenvalue weighted by Gasteiger charge is 2.18. The Hall–Kier alpha value is -0.310. The molecule has 0 bridgehead atoms. The van der Waals surface area contributed by atoms with Crippen LogP contribution in [0.25, 0.3) is 0 Å². The molecule has 0 saturated heterocycles. The van der Waals surface area contributed by atoms with Crippen molar-refractivity contribution in [3.05, 3.63) is 16.6 Å². The normalized spacial score (nSPS) is 18.8. The molecule has 1 fully saturated rings. The van der Waals surface area contributed by atoms with Crippen LogP contribution in [0.5, 0.6) is 0 Å². The molecule has 1 saturated carbocycles. The van der Waals surface area contributed by atoms with Crippen LogP contribution in [0.2, 0.25) is 0 Å². The molecular formula is C9H13BrN2. The van der Waals surface area contributed by atoms with E-state index in [0.29, 0.717) is 6.04 Å². The average Bonchev–Trinajstić information content (AvgIpc) is 2.58. The molecule has 66 valence electrons. The van der Waals surface area contributed by atoms with Crippen LogP contribution in [-0.2, 0) is 0 Å². The molecule has 0 spiro atoms. The van der Waals surface area contributed by atoms with E-state index in [1.54, 1.807) is 0 Å². The van der Waals surface area contributed by atoms with Gasteiger partial charge in [-0.3, -0.25) is 0 Å². The number of hydrogen-bond donors (Lipinski definition) is 0. The van der Waals surface area contributed by atoms with Gasteiger partial charge < -0.3 is 4.57 Å². The molecule has 1 aromatic rings. The van der Waals surface area contributed by atoms with Crippen molar-refractivity contribution in [3.8, 4) is 0 Å². The molecule has 0 radical (unpaired) electrons. The van der Waals surface area contributed by atoms with Gasteiger partial charge in [-0.2, -0.15) is 0 Å². The van der Waals surface area contributed by atoms with Crippen molar-refractivity contribution in [2.24, 2.45) is 0 Å². The Kier molecular flexibility index (Phi) is 2.22. The van der Waals surface area contributed by atoms with Crippen LogP contribution in [-0.4, -0.2) is 9.55 Å². The summed E-state index contributed by atoms with van der Waals surface area (Å²) in [6.07, 6.45) is 7.50. The van der Waals surface area contributed by atoms with Gasteiger partial charge in [0.2, 0.25) is 0 Å². The predicted octanol–water partition coefficient (Wildman–Crippen LogP) is 3.07. The van der Waals surface area contributed by atoms with E-state index in [2.05, 4.69) is 38.6 Å². The number of rotatable bonds is 1. The fourth-order valence-electron chi connectivity index (χ4n) is 2.00. The second-order valence-corrected chi connectivity index (χ2v) is 4.27. The average molecular weight is 229 g/mol. The van der Waals surface area contributed by atoms with Gasteiger partial charge in [-0.1, -0.05) is 12.8 Å². The van der Waals surface area contributed by atoms with Crippen LogP contribution < -0.4 is 0 Å². The molecule has 0 aromatic carbocycles. The van der Waals surface area contributed by atoms with Gasteiger partial charge in [-0.25, -0.2) is 4.98 Å². The van der Waals surface area contributed by atoms with E-state index in [9.17, 15) is 0 Å². The third-order valence-corrected chi connectivity index (χ3v) is 2.99. The highest BCUT2D eigenvalue weighted by molar-refractivity contribution is 9.10. The third kappa shape index (κ3) is 1.42. The predicted molar refractivity (Wildman–Crippen MR) is 52.2 cm³/mol. The Morgan fingerprint density at radius 1 is 1.50 bits per heavy atom. The molecule has 0 N–H and O–H groups in total. The second-order valence-electron chi connectivity index (χ2n) is 3.46. The lowest BCUT2D eigenvalue weighted by atomic mass is 10.2. The first-order valence-corrected chi connectivity index (χ1v) is 5.27. The van der Waals surface area contributed by atoms with Crippen LogP contribution >= 0.6 is 15.9 Å². The van der Waals surface area contributed by atoms with E-state index >= 15 is 0 Å². The number of halogens is 1. The van der Waals surface area contributed by atoms with E-state index < -0.39 is 0 Å². The summed E-state index contributed by atoms with van der Waals surface area (Å²) in [7, 11) is 0. The highest BCUT2D eigenvalue weighted by Crippen LogP contribution is 2.31. The van der Waals surface area contributed by atoms with E-state index in [4.69, 9.17) is 0 Å². The maximum absolute atomic E-state index is 4.34. The maximum Gasteiger partial charge on any atom is 0.124 e. The fraction of sp³-hybridized carbons (Fsp3) is 0.667. The molecule has 12 heavy (non-hydrogen) atoms. The zero-order valence-corrected chi connectivity index (χ0v) is 8.84. The van der Waals surface area contributed by atoms with Gasteiger partial charge in [0, 0.05) is 12.2 Å². The number of aromatic nitrogens is 2. The summed E-state index contributed by atoms with van der Waals surface area (Å²) in [5.74, 6) is 1.13. The smallest absolute Gasteiger partial charge is 0.124 e. The molecular weight excluding hydrogens is 216 g/mol. The topological polar surface area (TPSA) is 17.8 Å². The molecule has 1 aromatic heterocycles. The summed E-state index contributed by atoms with van der Waals surface area (Å²) in [4.78, 5) is 4.34. The largest absolute Gasteiger partial charge is 0.331 e. The van der Waals surface area contributed by atoms with Crippen molar-refractivity contribution in [3.63, 3.8) is 0 Å². The van der Waals surface area contributed by atoms with Crippen molar-refractivity contribution in [2.75, 3.05) is 0 Å². The van der Waals surface area contributed by atoms with Crippen molar-refractivity contribution in [1.29, 1.82) is 0 Å². The van der Waals surface area contributed by atoms with Crippen molar-refractivity contribution < 1.29 is 0 Å². The Bertz CT molecular complexity index is 274. The molecule has 2 nitrogen and oxygen atoms in total. The van der Waals surface area contributed by atoms with Gasteiger partial charge in [-0.05, 0) is 35.7 Å². The molecule has 0 amide bonds. The van der Waals surface area contributed by atoms with Crippen LogP contribution in [0.4, 0.5) is 0 Å². The summed E-state index contributed by atoms with van der Waals surface area (Å²) in [5, 5.41) is 0. The van der Waals surface area contributed by atoms with Crippen LogP contribution in [0.15, 0.2) is 10.8 Å². The van der Waals surface area contributed by atoms with Gasteiger partial charge in [0.25, 0.3) is 0 Å². The zero-order valence-electron chi connectivity index (χ0n) is 7.26. The Labute approximate surface area is 81.1 Å². The standard InChI is InChI=1S/C9H13BrN2/c1-7-11-9(10)6-12(7)8-4-2-3-5-8/h6,8H,2-5H2,1H3. The quantitative estimate of drug-likeness (QED) is 0.723. The van der Waals surface area contributed by atoms with E-state index in [0.717, 1.165) is 10.4 Å². The van der Waals surface area contributed by atoms with Crippen molar-refractivity contribution in [2.45, 2.75) is 38.6 Å². The number of nitrogens with zero attached hydrogens (tertiary/aromatic N) is 2. The summed E-state index contributed by atoms with van der Waals surface area (Å²) < 4.78 is 3.27. The minimum atomic E-state index is 0.712.